The van der Waals surface area contributed by atoms with Gasteiger partial charge in [0.15, 0.2) is 0 Å². The van der Waals surface area contributed by atoms with E-state index in [1.165, 1.54) is 4.88 Å². The van der Waals surface area contributed by atoms with Crippen LogP contribution < -0.4 is 4.74 Å². The van der Waals surface area contributed by atoms with Crippen LogP contribution in [-0.2, 0) is 0 Å². The maximum atomic E-state index is 12.6. The van der Waals surface area contributed by atoms with Gasteiger partial charge in [0.25, 0.3) is 0 Å². The Morgan fingerprint density at radius 3 is 2.18 bits per heavy atom. The molecule has 17 heavy (non-hydrogen) atoms. The summed E-state index contributed by atoms with van der Waals surface area (Å²) in [5.41, 5.74) is 1.01. The van der Waals surface area contributed by atoms with E-state index in [1.807, 2.05) is 19.1 Å². The van der Waals surface area contributed by atoms with Crippen molar-refractivity contribution >= 4 is 11.3 Å². The number of alkyl halides is 2. The monoisotopic (exact) mass is 254 g/mol. The Kier molecular flexibility index (Phi) is 3.15. The van der Waals surface area contributed by atoms with E-state index in [4.69, 9.17) is 0 Å². The van der Waals surface area contributed by atoms with Crippen LogP contribution in [0.4, 0.5) is 8.78 Å². The van der Waals surface area contributed by atoms with E-state index in [0.717, 1.165) is 17.4 Å². The molecule has 0 saturated heterocycles. The third-order valence-electron chi connectivity index (χ3n) is 2.18. The van der Waals surface area contributed by atoms with Gasteiger partial charge >= 0.3 is 6.11 Å². The van der Waals surface area contributed by atoms with Crippen LogP contribution in [0.5, 0.6) is 5.75 Å². The van der Waals surface area contributed by atoms with E-state index in [0.29, 0.717) is 0 Å². The average Bonchev–Trinajstić information content (AvgIpc) is 2.63. The standard InChI is InChI=1S/C13H12F2OS/c1-9-3-8-12(17-9)10-4-6-11(7-5-10)16-13(2,14)15/h3-8H,1-2H3. The molecule has 0 bridgehead atoms. The van der Waals surface area contributed by atoms with Gasteiger partial charge < -0.3 is 4.74 Å². The number of halogens is 2. The summed E-state index contributed by atoms with van der Waals surface area (Å²) in [7, 11) is 0. The fourth-order valence-electron chi connectivity index (χ4n) is 1.48. The van der Waals surface area contributed by atoms with Crippen LogP contribution in [0, 0.1) is 6.92 Å². The predicted octanol–water partition coefficient (Wildman–Crippen LogP) is 4.72. The van der Waals surface area contributed by atoms with Crippen molar-refractivity contribution in [3.8, 4) is 16.2 Å². The number of thiophene rings is 1. The first-order chi connectivity index (χ1) is 7.94. The van der Waals surface area contributed by atoms with Crippen molar-refractivity contribution in [2.24, 2.45) is 0 Å². The molecule has 1 nitrogen and oxygen atoms in total. The van der Waals surface area contributed by atoms with Gasteiger partial charge in [-0.1, -0.05) is 0 Å². The molecule has 0 saturated carbocycles. The first-order valence-electron chi connectivity index (χ1n) is 5.18. The molecule has 0 aliphatic carbocycles. The molecule has 0 radical (unpaired) electrons. The molecule has 0 aliphatic rings. The van der Waals surface area contributed by atoms with Crippen LogP contribution in [0.2, 0.25) is 0 Å². The lowest BCUT2D eigenvalue weighted by molar-refractivity contribution is -0.158. The zero-order valence-corrected chi connectivity index (χ0v) is 10.4. The maximum absolute atomic E-state index is 12.6. The molecule has 4 heteroatoms. The summed E-state index contributed by atoms with van der Waals surface area (Å²) in [6, 6.07) is 10.7. The lowest BCUT2D eigenvalue weighted by Gasteiger charge is -2.12. The fraction of sp³-hybridized carbons (Fsp3) is 0.231. The summed E-state index contributed by atoms with van der Waals surface area (Å²) in [5, 5.41) is 0. The number of aryl methyl sites for hydroxylation is 1. The highest BCUT2D eigenvalue weighted by atomic mass is 32.1. The highest BCUT2D eigenvalue weighted by molar-refractivity contribution is 7.15. The van der Waals surface area contributed by atoms with Gasteiger partial charge in [0.1, 0.15) is 5.75 Å². The van der Waals surface area contributed by atoms with E-state index in [2.05, 4.69) is 4.74 Å². The molecule has 0 aliphatic heterocycles. The smallest absolute Gasteiger partial charge is 0.394 e. The van der Waals surface area contributed by atoms with Gasteiger partial charge in [-0.15, -0.1) is 11.3 Å². The lowest BCUT2D eigenvalue weighted by Crippen LogP contribution is -2.18. The van der Waals surface area contributed by atoms with Gasteiger partial charge in [0.05, 0.1) is 0 Å². The summed E-state index contributed by atoms with van der Waals surface area (Å²) >= 11 is 1.67. The van der Waals surface area contributed by atoms with Crippen molar-refractivity contribution < 1.29 is 13.5 Å². The van der Waals surface area contributed by atoms with Crippen molar-refractivity contribution in [3.63, 3.8) is 0 Å². The zero-order valence-electron chi connectivity index (χ0n) is 9.54. The summed E-state index contributed by atoms with van der Waals surface area (Å²) in [5.74, 6) is 0.175. The fourth-order valence-corrected chi connectivity index (χ4v) is 2.36. The Morgan fingerprint density at radius 2 is 1.71 bits per heavy atom. The average molecular weight is 254 g/mol. The highest BCUT2D eigenvalue weighted by Crippen LogP contribution is 2.30. The summed E-state index contributed by atoms with van der Waals surface area (Å²) < 4.78 is 29.7. The first kappa shape index (κ1) is 12.0. The van der Waals surface area contributed by atoms with E-state index in [-0.39, 0.29) is 5.75 Å². The third kappa shape index (κ3) is 3.27. The SMILES string of the molecule is Cc1ccc(-c2ccc(OC(C)(F)F)cc2)s1. The van der Waals surface area contributed by atoms with Crippen LogP contribution in [-0.4, -0.2) is 6.11 Å². The van der Waals surface area contributed by atoms with Crippen molar-refractivity contribution in [2.75, 3.05) is 0 Å². The van der Waals surface area contributed by atoms with Crippen molar-refractivity contribution in [1.29, 1.82) is 0 Å². The molecule has 90 valence electrons. The molecule has 0 amide bonds. The third-order valence-corrected chi connectivity index (χ3v) is 3.23. The minimum atomic E-state index is -3.14. The Bertz CT molecular complexity index is 497. The summed E-state index contributed by atoms with van der Waals surface area (Å²) in [6.45, 7) is 2.76. The number of hydrogen-bond donors (Lipinski definition) is 0. The van der Waals surface area contributed by atoms with Crippen LogP contribution in [0.15, 0.2) is 36.4 Å². The van der Waals surface area contributed by atoms with Crippen LogP contribution >= 0.6 is 11.3 Å². The van der Waals surface area contributed by atoms with Gasteiger partial charge in [-0.3, -0.25) is 0 Å². The van der Waals surface area contributed by atoms with Crippen molar-refractivity contribution in [1.82, 2.24) is 0 Å². The minimum Gasteiger partial charge on any atom is -0.433 e. The molecule has 0 fully saturated rings. The van der Waals surface area contributed by atoms with Crippen molar-refractivity contribution in [3.05, 3.63) is 41.3 Å². The number of ether oxygens (including phenoxy) is 1. The van der Waals surface area contributed by atoms with Crippen molar-refractivity contribution in [2.45, 2.75) is 20.0 Å². The normalized spacial score (nSPS) is 11.5. The Hall–Kier alpha value is -1.42. The molecule has 0 atom stereocenters. The molecule has 2 aromatic rings. The largest absolute Gasteiger partial charge is 0.433 e. The molecule has 1 aromatic heterocycles. The minimum absolute atomic E-state index is 0.175. The molecule has 0 unspecified atom stereocenters. The van der Waals surface area contributed by atoms with Crippen LogP contribution in [0.1, 0.15) is 11.8 Å². The second-order valence-corrected chi connectivity index (χ2v) is 5.13. The van der Waals surface area contributed by atoms with E-state index >= 15 is 0 Å². The van der Waals surface area contributed by atoms with Gasteiger partial charge in [-0.05, 0) is 48.9 Å². The molecule has 0 N–H and O–H groups in total. The molecular formula is C13H12F2OS. The van der Waals surface area contributed by atoms with Gasteiger partial charge in [-0.2, -0.15) is 8.78 Å². The quantitative estimate of drug-likeness (QED) is 0.770. The lowest BCUT2D eigenvalue weighted by atomic mass is 10.2. The molecule has 1 aromatic carbocycles. The highest BCUT2D eigenvalue weighted by Gasteiger charge is 2.22. The second kappa shape index (κ2) is 4.45. The second-order valence-electron chi connectivity index (χ2n) is 3.84. The van der Waals surface area contributed by atoms with E-state index in [1.54, 1.807) is 35.6 Å². The Morgan fingerprint density at radius 1 is 1.06 bits per heavy atom. The van der Waals surface area contributed by atoms with Gasteiger partial charge in [0, 0.05) is 16.7 Å². The van der Waals surface area contributed by atoms with E-state index < -0.39 is 6.11 Å². The zero-order chi connectivity index (χ0) is 12.5. The maximum Gasteiger partial charge on any atom is 0.394 e. The molecule has 1 heterocycles. The van der Waals surface area contributed by atoms with Gasteiger partial charge in [0.2, 0.25) is 0 Å². The molecular weight excluding hydrogens is 242 g/mol. The Balaban J connectivity index is 2.19. The Labute approximate surface area is 103 Å². The number of hydrogen-bond acceptors (Lipinski definition) is 2. The summed E-state index contributed by atoms with van der Waals surface area (Å²) in [6.07, 6.45) is -3.14. The number of benzene rings is 1. The number of rotatable bonds is 3. The molecule has 0 spiro atoms. The van der Waals surface area contributed by atoms with Crippen LogP contribution in [0.3, 0.4) is 0 Å². The van der Waals surface area contributed by atoms with E-state index in [9.17, 15) is 8.78 Å². The molecule has 2 rings (SSSR count). The van der Waals surface area contributed by atoms with Gasteiger partial charge in [-0.25, -0.2) is 0 Å². The topological polar surface area (TPSA) is 9.23 Å². The van der Waals surface area contributed by atoms with Crippen LogP contribution in [0.25, 0.3) is 10.4 Å². The first-order valence-corrected chi connectivity index (χ1v) is 5.99. The summed E-state index contributed by atoms with van der Waals surface area (Å²) in [4.78, 5) is 2.35. The predicted molar refractivity (Wildman–Crippen MR) is 65.7 cm³/mol.